The molecule has 7 aliphatic heterocycles. The number of carbonyl (C=O) groups excluding carboxylic acids is 1. The van der Waals surface area contributed by atoms with Crippen molar-refractivity contribution in [1.82, 2.24) is 19.8 Å². The molecule has 5 aromatic rings. The molecule has 9 heterocycles. The van der Waals surface area contributed by atoms with Crippen LogP contribution in [-0.2, 0) is 19.3 Å². The number of primary amides is 1. The van der Waals surface area contributed by atoms with Crippen molar-refractivity contribution in [3.63, 3.8) is 0 Å². The van der Waals surface area contributed by atoms with Crippen molar-refractivity contribution < 1.29 is 37.1 Å². The van der Waals surface area contributed by atoms with Crippen LogP contribution in [0.3, 0.4) is 0 Å². The minimum absolute atomic E-state index is 0.0219. The van der Waals surface area contributed by atoms with Crippen molar-refractivity contribution in [1.29, 1.82) is 0 Å². The summed E-state index contributed by atoms with van der Waals surface area (Å²) >= 11 is 0. The number of carbonyl (C=O) groups is 1. The lowest BCUT2D eigenvalue weighted by molar-refractivity contribution is -0.384. The van der Waals surface area contributed by atoms with Crippen molar-refractivity contribution in [3.05, 3.63) is 93.7 Å². The molecule has 5 saturated heterocycles. The molecule has 13 rings (SSSR count). The molecule has 6 atom stereocenters. The highest BCUT2D eigenvalue weighted by Gasteiger charge is 2.51. The second-order valence-electron chi connectivity index (χ2n) is 22.5. The molecule has 74 heavy (non-hydrogen) atoms. The lowest BCUT2D eigenvalue weighted by Crippen LogP contribution is -2.55. The molecule has 2 bridgehead atoms. The number of piperidine rings is 1. The van der Waals surface area contributed by atoms with Crippen LogP contribution in [0.25, 0.3) is 11.0 Å². The Morgan fingerprint density at radius 2 is 1.82 bits per heavy atom. The van der Waals surface area contributed by atoms with Gasteiger partial charge in [0.25, 0.3) is 11.6 Å². The molecule has 2 aromatic heterocycles. The number of nitrogens with zero attached hydrogens (tertiary/aromatic N) is 6. The molecule has 1 spiro atoms. The maximum Gasteiger partial charge on any atom is 0.297 e. The number of amides is 1. The van der Waals surface area contributed by atoms with Crippen LogP contribution in [0.1, 0.15) is 98.7 Å². The highest BCUT2D eigenvalue weighted by atomic mass is 32.2. The minimum Gasteiger partial charge on any atom is -0.489 e. The molecule has 1 amide bonds. The fourth-order valence-electron chi connectivity index (χ4n) is 14.0. The molecule has 390 valence electrons. The van der Waals surface area contributed by atoms with E-state index in [2.05, 4.69) is 63.1 Å². The first-order chi connectivity index (χ1) is 35.8. The van der Waals surface area contributed by atoms with Gasteiger partial charge in [-0.25, -0.2) is 8.42 Å². The molecule has 1 saturated carbocycles. The zero-order chi connectivity index (χ0) is 50.6. The van der Waals surface area contributed by atoms with Crippen molar-refractivity contribution >= 4 is 55.2 Å². The Bertz CT molecular complexity index is 3150. The third kappa shape index (κ3) is 8.15. The van der Waals surface area contributed by atoms with E-state index in [9.17, 15) is 14.9 Å². The molecule has 4 N–H and O–H groups in total. The number of likely N-dealkylation sites (tertiary alicyclic amines) is 2. The average molecular weight is 1030 g/mol. The number of nitrogens with one attached hydrogen (secondary N) is 2. The van der Waals surface area contributed by atoms with Gasteiger partial charge in [-0.15, -0.1) is 0 Å². The largest absolute Gasteiger partial charge is 0.489 e. The number of nitrogens with two attached hydrogens (primary N) is 1. The Labute approximate surface area is 430 Å². The van der Waals surface area contributed by atoms with E-state index in [0.29, 0.717) is 80.9 Å². The monoisotopic (exact) mass is 1030 g/mol. The summed E-state index contributed by atoms with van der Waals surface area (Å²) in [6, 6.07) is 19.4. The minimum atomic E-state index is -4.77. The number of hydrogen-bond acceptors (Lipinski definition) is 15. The molecular formula is C55H65N9O9S. The number of aromatic nitrogens is 2. The molecule has 0 radical (unpaired) electrons. The van der Waals surface area contributed by atoms with Crippen LogP contribution in [0.5, 0.6) is 11.6 Å². The predicted octanol–water partition coefficient (Wildman–Crippen LogP) is 7.69. The van der Waals surface area contributed by atoms with Gasteiger partial charge in [0.1, 0.15) is 28.9 Å². The number of ether oxygens (including phenoxy) is 4. The number of sulfone groups is 1. The number of pyridine rings is 1. The lowest BCUT2D eigenvalue weighted by atomic mass is 9.59. The highest BCUT2D eigenvalue weighted by Crippen LogP contribution is 2.56. The van der Waals surface area contributed by atoms with Crippen molar-refractivity contribution in [3.8, 4) is 11.6 Å². The molecular weight excluding hydrogens is 963 g/mol. The van der Waals surface area contributed by atoms with Crippen LogP contribution in [0, 0.1) is 21.4 Å². The lowest BCUT2D eigenvalue weighted by Gasteiger charge is -2.56. The quantitative estimate of drug-likeness (QED) is 0.0855. The van der Waals surface area contributed by atoms with Gasteiger partial charge in [-0.2, -0.15) is 4.98 Å². The number of nitro benzene ring substituents is 1. The number of hydrogen-bond donors (Lipinski definition) is 3. The number of fused-ring (bicyclic) bond motifs is 6. The number of aromatic amines is 1. The first-order valence-electron chi connectivity index (χ1n) is 26.7. The van der Waals surface area contributed by atoms with Crippen LogP contribution in [-0.4, -0.2) is 135 Å². The summed E-state index contributed by atoms with van der Waals surface area (Å²) < 4.78 is 57.3. The maximum atomic E-state index is 16.2. The summed E-state index contributed by atoms with van der Waals surface area (Å²) in [6.45, 7) is 9.98. The number of benzene rings is 3. The zero-order valence-electron chi connectivity index (χ0n) is 42.0. The van der Waals surface area contributed by atoms with Crippen LogP contribution in [0.4, 0.5) is 28.4 Å². The topological polar surface area (TPSA) is 211 Å². The molecule has 3 aromatic carbocycles. The van der Waals surface area contributed by atoms with E-state index < -0.39 is 26.4 Å². The van der Waals surface area contributed by atoms with Gasteiger partial charge in [-0.3, -0.25) is 24.7 Å². The van der Waals surface area contributed by atoms with Gasteiger partial charge in [-0.05, 0) is 98.2 Å². The van der Waals surface area contributed by atoms with Crippen molar-refractivity contribution in [2.24, 2.45) is 17.1 Å². The van der Waals surface area contributed by atoms with Crippen LogP contribution >= 0.6 is 0 Å². The molecule has 19 heteroatoms. The third-order valence-corrected chi connectivity index (χ3v) is 19.6. The fourth-order valence-corrected chi connectivity index (χ4v) is 15.8. The van der Waals surface area contributed by atoms with Gasteiger partial charge in [0.2, 0.25) is 15.7 Å². The normalized spacial score (nSPS) is 26.7. The predicted molar refractivity (Wildman–Crippen MR) is 279 cm³/mol. The molecule has 1 aliphatic carbocycles. The van der Waals surface area contributed by atoms with Crippen molar-refractivity contribution in [2.45, 2.75) is 117 Å². The van der Waals surface area contributed by atoms with Crippen LogP contribution in [0.15, 0.2) is 76.7 Å². The number of nitro groups is 1. The van der Waals surface area contributed by atoms with E-state index in [0.717, 1.165) is 63.1 Å². The average Bonchev–Trinajstić information content (AvgIpc) is 4.23. The summed E-state index contributed by atoms with van der Waals surface area (Å²) in [6.07, 6.45) is 9.37. The van der Waals surface area contributed by atoms with E-state index in [4.69, 9.17) is 29.7 Å². The highest BCUT2D eigenvalue weighted by molar-refractivity contribution is 7.91. The van der Waals surface area contributed by atoms with Gasteiger partial charge >= 0.3 is 0 Å². The van der Waals surface area contributed by atoms with Gasteiger partial charge in [0, 0.05) is 86.9 Å². The standard InChI is InChI=1S/C55H65N9O9S/c1-32(2)40-6-3-4-7-41(40)43-8-5-16-62(43)37-24-55(25-37)13-17-60(18-14-55)44-10-9-42(52(56)65)50(63-26-34-29-70-19-12-47(34)73-54-46(63)20-33-11-15-57-53(33)59-54)51(44)74(68,69)39-22-45(64(66)67)49-48(23-39)72-30-35(58-49)27-61-28-38-21-36(61)31-71-38/h3-4,6-7,9-11,15,20,22-23,32,34-38,43,47,58H,5,8,12-14,16-19,21,24-31H2,1-2H3,(H2,56,65)(H,57,59)/t34-,35+,36-,38-,43+,47-/m1/s1. The Hall–Kier alpha value is -5.99. The number of H-pyrrole nitrogens is 1. The zero-order valence-corrected chi connectivity index (χ0v) is 42.9. The van der Waals surface area contributed by atoms with Crippen LogP contribution in [0.2, 0.25) is 0 Å². The van der Waals surface area contributed by atoms with E-state index in [-0.39, 0.29) is 87.1 Å². The first-order valence-corrected chi connectivity index (χ1v) is 28.2. The van der Waals surface area contributed by atoms with Gasteiger partial charge in [0.15, 0.2) is 11.4 Å². The second-order valence-corrected chi connectivity index (χ2v) is 24.4. The third-order valence-electron chi connectivity index (χ3n) is 17.8. The van der Waals surface area contributed by atoms with Crippen LogP contribution < -0.4 is 30.3 Å². The molecule has 8 aliphatic rings. The second kappa shape index (κ2) is 18.4. The van der Waals surface area contributed by atoms with Gasteiger partial charge < -0.3 is 44.8 Å². The van der Waals surface area contributed by atoms with Crippen molar-refractivity contribution in [2.75, 3.05) is 80.8 Å². The first kappa shape index (κ1) is 47.7. The van der Waals surface area contributed by atoms with Gasteiger partial charge in [0.05, 0.1) is 58.7 Å². The smallest absolute Gasteiger partial charge is 0.297 e. The molecule has 0 unspecified atom stereocenters. The Kier molecular flexibility index (Phi) is 11.9. The molecule has 18 nitrogen and oxygen atoms in total. The fraction of sp³-hybridized carbons (Fsp3) is 0.527. The SMILES string of the molecule is CC(C)c1ccccc1[C@@H]1CCCN1C1CC2(CCN(c3ccc(C(N)=O)c(N4C[C@@H]5COCC[C@H]5Oc5nc6[nH]ccc6cc54)c3S(=O)(=O)c3cc4c(c([N+](=O)[O-])c3)N[C@@H](CN3C[C@H]5C[C@@H]3CO5)CO4)CC2)C1. The number of rotatable bonds is 11. The Morgan fingerprint density at radius 1 is 0.986 bits per heavy atom. The molecule has 6 fully saturated rings. The Balaban J connectivity index is 0.887. The number of morpholine rings is 1. The van der Waals surface area contributed by atoms with E-state index in [1.807, 2.05) is 17.0 Å². The van der Waals surface area contributed by atoms with Gasteiger partial charge in [-0.1, -0.05) is 38.1 Å². The van der Waals surface area contributed by atoms with E-state index in [1.54, 1.807) is 18.3 Å². The summed E-state index contributed by atoms with van der Waals surface area (Å²) in [5.74, 6) is -0.299. The van der Waals surface area contributed by atoms with E-state index >= 15 is 8.42 Å². The summed E-state index contributed by atoms with van der Waals surface area (Å²) in [7, 11) is -4.77. The number of anilines is 4. The van der Waals surface area contributed by atoms with E-state index in [1.165, 1.54) is 23.6 Å². The summed E-state index contributed by atoms with van der Waals surface area (Å²) in [4.78, 5) is 43.1. The Morgan fingerprint density at radius 3 is 2.59 bits per heavy atom. The summed E-state index contributed by atoms with van der Waals surface area (Å²) in [5.41, 5.74) is 10.5. The summed E-state index contributed by atoms with van der Waals surface area (Å²) in [5, 5.41) is 17.2. The maximum absolute atomic E-state index is 16.2.